The van der Waals surface area contributed by atoms with Gasteiger partial charge < -0.3 is 14.8 Å². The van der Waals surface area contributed by atoms with Crippen molar-refractivity contribution in [2.45, 2.75) is 25.8 Å². The maximum atomic E-state index is 5.65. The zero-order chi connectivity index (χ0) is 14.2. The molecule has 1 heterocycles. The van der Waals surface area contributed by atoms with Crippen LogP contribution in [0, 0.1) is 6.92 Å². The molecule has 0 aromatic heterocycles. The number of benzene rings is 2. The fourth-order valence-electron chi connectivity index (χ4n) is 3.21. The standard InChI is InChI=1S/C18H19NO2/c1-12-2-3-13-4-6-16(15(13)10-12)19-14-5-7-17-18(11-14)21-9-8-20-17/h2-3,5,7,10-11,16,19H,4,6,8-9H2,1H3. The summed E-state index contributed by atoms with van der Waals surface area (Å²) in [4.78, 5) is 0. The van der Waals surface area contributed by atoms with Crippen molar-refractivity contribution >= 4 is 5.69 Å². The second kappa shape index (κ2) is 4.99. The normalized spacial score (nSPS) is 19.2. The number of hydrogen-bond donors (Lipinski definition) is 1. The molecule has 0 saturated heterocycles. The first-order valence-corrected chi connectivity index (χ1v) is 7.55. The van der Waals surface area contributed by atoms with E-state index in [9.17, 15) is 0 Å². The van der Waals surface area contributed by atoms with Crippen molar-refractivity contribution in [1.29, 1.82) is 0 Å². The Morgan fingerprint density at radius 1 is 1.00 bits per heavy atom. The molecule has 0 bridgehead atoms. The molecule has 1 unspecified atom stereocenters. The van der Waals surface area contributed by atoms with Gasteiger partial charge in [-0.3, -0.25) is 0 Å². The molecule has 2 aromatic rings. The van der Waals surface area contributed by atoms with Gasteiger partial charge in [0.25, 0.3) is 0 Å². The predicted octanol–water partition coefficient (Wildman–Crippen LogP) is 3.87. The zero-order valence-corrected chi connectivity index (χ0v) is 12.2. The number of nitrogens with one attached hydrogen (secondary N) is 1. The second-order valence-corrected chi connectivity index (χ2v) is 5.80. The van der Waals surface area contributed by atoms with Crippen LogP contribution < -0.4 is 14.8 Å². The average Bonchev–Trinajstić information content (AvgIpc) is 2.89. The predicted molar refractivity (Wildman–Crippen MR) is 83.3 cm³/mol. The third kappa shape index (κ3) is 2.33. The van der Waals surface area contributed by atoms with Gasteiger partial charge in [-0.05, 0) is 43.0 Å². The molecule has 0 spiro atoms. The van der Waals surface area contributed by atoms with Crippen molar-refractivity contribution in [2.24, 2.45) is 0 Å². The molecule has 0 radical (unpaired) electrons. The first-order chi connectivity index (χ1) is 10.3. The molecule has 4 rings (SSSR count). The lowest BCUT2D eigenvalue weighted by molar-refractivity contribution is 0.171. The van der Waals surface area contributed by atoms with E-state index < -0.39 is 0 Å². The fraction of sp³-hybridized carbons (Fsp3) is 0.333. The van der Waals surface area contributed by atoms with Gasteiger partial charge in [0.05, 0.1) is 6.04 Å². The van der Waals surface area contributed by atoms with Crippen LogP contribution in [0.25, 0.3) is 0 Å². The van der Waals surface area contributed by atoms with Crippen molar-refractivity contribution < 1.29 is 9.47 Å². The monoisotopic (exact) mass is 281 g/mol. The Labute approximate surface area is 124 Å². The molecule has 0 amide bonds. The van der Waals surface area contributed by atoms with E-state index in [1.54, 1.807) is 0 Å². The van der Waals surface area contributed by atoms with Gasteiger partial charge in [-0.15, -0.1) is 0 Å². The van der Waals surface area contributed by atoms with Gasteiger partial charge in [-0.2, -0.15) is 0 Å². The van der Waals surface area contributed by atoms with Gasteiger partial charge in [-0.25, -0.2) is 0 Å². The van der Waals surface area contributed by atoms with E-state index in [0.717, 1.165) is 30.0 Å². The minimum absolute atomic E-state index is 0.391. The first-order valence-electron chi connectivity index (χ1n) is 7.55. The van der Waals surface area contributed by atoms with E-state index in [4.69, 9.17) is 9.47 Å². The number of fused-ring (bicyclic) bond motifs is 2. The highest BCUT2D eigenvalue weighted by molar-refractivity contribution is 5.57. The lowest BCUT2D eigenvalue weighted by atomic mass is 10.0. The van der Waals surface area contributed by atoms with E-state index in [1.165, 1.54) is 16.7 Å². The van der Waals surface area contributed by atoms with Crippen molar-refractivity contribution in [3.63, 3.8) is 0 Å². The largest absolute Gasteiger partial charge is 0.486 e. The Hall–Kier alpha value is -2.16. The third-order valence-corrected chi connectivity index (χ3v) is 4.26. The van der Waals surface area contributed by atoms with Gasteiger partial charge in [-0.1, -0.05) is 23.8 Å². The molecular weight excluding hydrogens is 262 g/mol. The molecule has 3 nitrogen and oxygen atoms in total. The first kappa shape index (κ1) is 12.6. The van der Waals surface area contributed by atoms with E-state index in [-0.39, 0.29) is 0 Å². The SMILES string of the molecule is Cc1ccc2c(c1)C(Nc1ccc3c(c1)OCCO3)CC2. The van der Waals surface area contributed by atoms with Crippen molar-refractivity contribution in [1.82, 2.24) is 0 Å². The van der Waals surface area contributed by atoms with E-state index in [1.807, 2.05) is 12.1 Å². The summed E-state index contributed by atoms with van der Waals surface area (Å²) < 4.78 is 11.2. The molecule has 1 aliphatic heterocycles. The highest BCUT2D eigenvalue weighted by Gasteiger charge is 2.22. The summed E-state index contributed by atoms with van der Waals surface area (Å²) in [5.74, 6) is 1.68. The van der Waals surface area contributed by atoms with Crippen LogP contribution in [0.2, 0.25) is 0 Å². The number of ether oxygens (including phenoxy) is 2. The molecule has 2 aliphatic rings. The van der Waals surface area contributed by atoms with Crippen LogP contribution in [0.4, 0.5) is 5.69 Å². The summed E-state index contributed by atoms with van der Waals surface area (Å²) in [7, 11) is 0. The quantitative estimate of drug-likeness (QED) is 0.906. The van der Waals surface area contributed by atoms with Crippen molar-refractivity contribution in [3.8, 4) is 11.5 Å². The zero-order valence-electron chi connectivity index (χ0n) is 12.2. The van der Waals surface area contributed by atoms with Crippen molar-refractivity contribution in [3.05, 3.63) is 53.1 Å². The van der Waals surface area contributed by atoms with Crippen LogP contribution in [0.3, 0.4) is 0 Å². The average molecular weight is 281 g/mol. The fourth-order valence-corrected chi connectivity index (χ4v) is 3.21. The lowest BCUT2D eigenvalue weighted by Gasteiger charge is -2.21. The van der Waals surface area contributed by atoms with Crippen LogP contribution in [-0.4, -0.2) is 13.2 Å². The van der Waals surface area contributed by atoms with Gasteiger partial charge in [0.15, 0.2) is 11.5 Å². The maximum Gasteiger partial charge on any atom is 0.163 e. The van der Waals surface area contributed by atoms with Crippen LogP contribution in [-0.2, 0) is 6.42 Å². The number of anilines is 1. The molecule has 0 fully saturated rings. The lowest BCUT2D eigenvalue weighted by Crippen LogP contribution is -2.15. The van der Waals surface area contributed by atoms with Crippen LogP contribution in [0.15, 0.2) is 36.4 Å². The Morgan fingerprint density at radius 3 is 2.76 bits per heavy atom. The van der Waals surface area contributed by atoms with Gasteiger partial charge in [0, 0.05) is 11.8 Å². The Bertz CT molecular complexity index is 681. The summed E-state index contributed by atoms with van der Waals surface area (Å²) in [5.41, 5.74) is 5.32. The number of hydrogen-bond acceptors (Lipinski definition) is 3. The topological polar surface area (TPSA) is 30.5 Å². The summed E-state index contributed by atoms with van der Waals surface area (Å²) in [5, 5.41) is 3.64. The van der Waals surface area contributed by atoms with Gasteiger partial charge >= 0.3 is 0 Å². The minimum atomic E-state index is 0.391. The van der Waals surface area contributed by atoms with E-state index in [0.29, 0.717) is 19.3 Å². The Kier molecular flexibility index (Phi) is 2.99. The maximum absolute atomic E-state index is 5.65. The molecule has 1 aliphatic carbocycles. The van der Waals surface area contributed by atoms with Gasteiger partial charge in [0.1, 0.15) is 13.2 Å². The molecule has 1 N–H and O–H groups in total. The molecule has 3 heteroatoms. The van der Waals surface area contributed by atoms with Crippen LogP contribution in [0.5, 0.6) is 11.5 Å². The smallest absolute Gasteiger partial charge is 0.163 e. The Balaban J connectivity index is 1.59. The molecule has 0 saturated carbocycles. The van der Waals surface area contributed by atoms with E-state index >= 15 is 0 Å². The summed E-state index contributed by atoms with van der Waals surface area (Å²) >= 11 is 0. The number of rotatable bonds is 2. The van der Waals surface area contributed by atoms with Gasteiger partial charge in [0.2, 0.25) is 0 Å². The third-order valence-electron chi connectivity index (χ3n) is 4.26. The highest BCUT2D eigenvalue weighted by Crippen LogP contribution is 2.37. The molecule has 108 valence electrons. The van der Waals surface area contributed by atoms with Crippen LogP contribution in [0.1, 0.15) is 29.2 Å². The minimum Gasteiger partial charge on any atom is -0.486 e. The molecule has 1 atom stereocenters. The summed E-state index contributed by atoms with van der Waals surface area (Å²) in [6, 6.07) is 13.3. The van der Waals surface area contributed by atoms with Crippen molar-refractivity contribution in [2.75, 3.05) is 18.5 Å². The summed E-state index contributed by atoms with van der Waals surface area (Å²) in [6.07, 6.45) is 2.30. The summed E-state index contributed by atoms with van der Waals surface area (Å²) in [6.45, 7) is 3.41. The highest BCUT2D eigenvalue weighted by atomic mass is 16.6. The molecule has 2 aromatic carbocycles. The molecular formula is C18H19NO2. The second-order valence-electron chi connectivity index (χ2n) is 5.80. The van der Waals surface area contributed by atoms with E-state index in [2.05, 4.69) is 36.5 Å². The Morgan fingerprint density at radius 2 is 1.86 bits per heavy atom. The number of aryl methyl sites for hydroxylation is 2. The molecule has 21 heavy (non-hydrogen) atoms. The van der Waals surface area contributed by atoms with Crippen LogP contribution >= 0.6 is 0 Å².